The van der Waals surface area contributed by atoms with E-state index in [-0.39, 0.29) is 5.91 Å². The molecule has 0 bridgehead atoms. The molecule has 2 aromatic rings. The summed E-state index contributed by atoms with van der Waals surface area (Å²) in [6.07, 6.45) is 1.21. The number of nitrogens with one attached hydrogen (secondary N) is 2. The van der Waals surface area contributed by atoms with Crippen molar-refractivity contribution >= 4 is 17.4 Å². The van der Waals surface area contributed by atoms with Crippen LogP contribution in [0.3, 0.4) is 0 Å². The zero-order valence-corrected chi connectivity index (χ0v) is 13.7. The van der Waals surface area contributed by atoms with Crippen LogP contribution in [0.15, 0.2) is 30.3 Å². The minimum Gasteiger partial charge on any atom is -0.493 e. The molecule has 0 radical (unpaired) electrons. The Kier molecular flexibility index (Phi) is 5.91. The second kappa shape index (κ2) is 8.12. The minimum absolute atomic E-state index is 0.0332. The van der Waals surface area contributed by atoms with E-state index in [4.69, 9.17) is 4.74 Å². The molecule has 0 aliphatic carbocycles. The molecule has 1 heterocycles. The summed E-state index contributed by atoms with van der Waals surface area (Å²) in [4.78, 5) is 19.9. The number of hydrogen-bond acceptors (Lipinski definition) is 5. The Hall–Kier alpha value is -2.63. The number of rotatable bonds is 7. The minimum atomic E-state index is -0.0332. The Bertz CT molecular complexity index is 656. The van der Waals surface area contributed by atoms with Gasteiger partial charge in [0.2, 0.25) is 5.91 Å². The first-order valence-corrected chi connectivity index (χ1v) is 7.65. The second-order valence-corrected chi connectivity index (χ2v) is 5.07. The number of anilines is 2. The van der Waals surface area contributed by atoms with Crippen molar-refractivity contribution in [3.63, 3.8) is 0 Å². The van der Waals surface area contributed by atoms with Crippen LogP contribution in [0.4, 0.5) is 11.5 Å². The first-order chi connectivity index (χ1) is 11.1. The van der Waals surface area contributed by atoms with Crippen molar-refractivity contribution in [2.24, 2.45) is 0 Å². The second-order valence-electron chi connectivity index (χ2n) is 5.07. The monoisotopic (exact) mass is 314 g/mol. The molecule has 6 nitrogen and oxygen atoms in total. The van der Waals surface area contributed by atoms with Crippen LogP contribution in [0.25, 0.3) is 0 Å². The van der Waals surface area contributed by atoms with Gasteiger partial charge >= 0.3 is 0 Å². The zero-order valence-electron chi connectivity index (χ0n) is 13.7. The summed E-state index contributed by atoms with van der Waals surface area (Å²) in [5, 5.41) is 5.82. The van der Waals surface area contributed by atoms with Gasteiger partial charge in [0.05, 0.1) is 13.0 Å². The number of carbonyl (C=O) groups excluding carboxylic acids is 1. The van der Waals surface area contributed by atoms with Crippen LogP contribution >= 0.6 is 0 Å². The van der Waals surface area contributed by atoms with E-state index >= 15 is 0 Å². The molecule has 0 unspecified atom stereocenters. The van der Waals surface area contributed by atoms with Gasteiger partial charge in [-0.05, 0) is 37.6 Å². The third kappa shape index (κ3) is 5.25. The molecule has 0 aliphatic heterocycles. The van der Waals surface area contributed by atoms with Gasteiger partial charge in [0, 0.05) is 24.5 Å². The van der Waals surface area contributed by atoms with E-state index in [0.29, 0.717) is 13.0 Å². The van der Waals surface area contributed by atoms with Crippen molar-refractivity contribution < 1.29 is 9.53 Å². The molecule has 2 rings (SSSR count). The van der Waals surface area contributed by atoms with Crippen LogP contribution in [0.2, 0.25) is 0 Å². The lowest BCUT2D eigenvalue weighted by Gasteiger charge is -2.09. The summed E-state index contributed by atoms with van der Waals surface area (Å²) in [5.74, 6) is 2.23. The highest BCUT2D eigenvalue weighted by atomic mass is 16.5. The van der Waals surface area contributed by atoms with Crippen LogP contribution in [-0.2, 0) is 11.2 Å². The molecule has 23 heavy (non-hydrogen) atoms. The summed E-state index contributed by atoms with van der Waals surface area (Å²) in [7, 11) is 1.61. The quantitative estimate of drug-likeness (QED) is 0.821. The number of benzene rings is 1. The molecule has 0 atom stereocenters. The van der Waals surface area contributed by atoms with E-state index in [1.165, 1.54) is 0 Å². The summed E-state index contributed by atoms with van der Waals surface area (Å²) < 4.78 is 5.53. The number of nitrogens with zero attached hydrogens (tertiary/aromatic N) is 2. The van der Waals surface area contributed by atoms with E-state index in [2.05, 4.69) is 27.5 Å². The maximum Gasteiger partial charge on any atom is 0.223 e. The normalized spacial score (nSPS) is 10.2. The molecule has 0 saturated carbocycles. The van der Waals surface area contributed by atoms with E-state index in [1.807, 2.05) is 37.3 Å². The zero-order chi connectivity index (χ0) is 16.7. The number of aryl methyl sites for hydroxylation is 2. The molecule has 0 fully saturated rings. The lowest BCUT2D eigenvalue weighted by Crippen LogP contribution is -2.20. The summed E-state index contributed by atoms with van der Waals surface area (Å²) >= 11 is 0. The molecule has 6 heteroatoms. The molecule has 1 amide bonds. The first kappa shape index (κ1) is 16.7. The SMILES string of the molecule is CCc1cc(Nc2ccc(OCCC(=O)NC)cc2)nc(C)n1. The average molecular weight is 314 g/mol. The lowest BCUT2D eigenvalue weighted by atomic mass is 10.3. The predicted octanol–water partition coefficient (Wildman–Crippen LogP) is 2.61. The Labute approximate surface area is 136 Å². The van der Waals surface area contributed by atoms with Crippen molar-refractivity contribution in [1.82, 2.24) is 15.3 Å². The fourth-order valence-electron chi connectivity index (χ4n) is 2.04. The Balaban J connectivity index is 1.94. The fourth-order valence-corrected chi connectivity index (χ4v) is 2.04. The Morgan fingerprint density at radius 1 is 1.22 bits per heavy atom. The van der Waals surface area contributed by atoms with Gasteiger partial charge in [-0.1, -0.05) is 6.92 Å². The van der Waals surface area contributed by atoms with Gasteiger partial charge in [-0.3, -0.25) is 4.79 Å². The maximum absolute atomic E-state index is 11.1. The van der Waals surface area contributed by atoms with Crippen LogP contribution < -0.4 is 15.4 Å². The van der Waals surface area contributed by atoms with Crippen molar-refractivity contribution in [2.45, 2.75) is 26.7 Å². The van der Waals surface area contributed by atoms with Crippen LogP contribution in [0.5, 0.6) is 5.75 Å². The van der Waals surface area contributed by atoms with Gasteiger partial charge in [-0.25, -0.2) is 9.97 Å². The van der Waals surface area contributed by atoms with E-state index < -0.39 is 0 Å². The van der Waals surface area contributed by atoms with E-state index in [0.717, 1.165) is 35.2 Å². The highest BCUT2D eigenvalue weighted by Crippen LogP contribution is 2.19. The van der Waals surface area contributed by atoms with Gasteiger partial charge in [-0.15, -0.1) is 0 Å². The van der Waals surface area contributed by atoms with Gasteiger partial charge < -0.3 is 15.4 Å². The van der Waals surface area contributed by atoms with Crippen LogP contribution in [0.1, 0.15) is 24.9 Å². The van der Waals surface area contributed by atoms with Crippen molar-refractivity contribution in [2.75, 3.05) is 19.0 Å². The third-order valence-electron chi connectivity index (χ3n) is 3.26. The number of hydrogen-bond donors (Lipinski definition) is 2. The summed E-state index contributed by atoms with van der Waals surface area (Å²) in [6, 6.07) is 9.50. The van der Waals surface area contributed by atoms with Gasteiger partial charge in [0.1, 0.15) is 17.4 Å². The number of amides is 1. The fraction of sp³-hybridized carbons (Fsp3) is 0.353. The molecule has 1 aromatic heterocycles. The molecular weight excluding hydrogens is 292 g/mol. The molecule has 0 spiro atoms. The van der Waals surface area contributed by atoms with Gasteiger partial charge in [-0.2, -0.15) is 0 Å². The number of aromatic nitrogens is 2. The summed E-state index contributed by atoms with van der Waals surface area (Å²) in [6.45, 7) is 4.31. The molecular formula is C17H22N4O2. The summed E-state index contributed by atoms with van der Waals surface area (Å²) in [5.41, 5.74) is 1.93. The Morgan fingerprint density at radius 2 is 1.96 bits per heavy atom. The molecule has 0 aliphatic rings. The largest absolute Gasteiger partial charge is 0.493 e. The highest BCUT2D eigenvalue weighted by molar-refractivity contribution is 5.75. The average Bonchev–Trinajstić information content (AvgIpc) is 2.55. The number of carbonyl (C=O) groups is 1. The maximum atomic E-state index is 11.1. The molecule has 122 valence electrons. The predicted molar refractivity (Wildman–Crippen MR) is 90.1 cm³/mol. The van der Waals surface area contributed by atoms with Crippen molar-refractivity contribution in [3.8, 4) is 5.75 Å². The smallest absolute Gasteiger partial charge is 0.223 e. The van der Waals surface area contributed by atoms with Gasteiger partial charge in [0.25, 0.3) is 0 Å². The standard InChI is InChI=1S/C17H22N4O2/c1-4-13-11-16(20-12(2)19-13)21-14-5-7-15(8-6-14)23-10-9-17(22)18-3/h5-8,11H,4,9-10H2,1-3H3,(H,18,22)(H,19,20,21). The third-order valence-corrected chi connectivity index (χ3v) is 3.26. The molecule has 2 N–H and O–H groups in total. The van der Waals surface area contributed by atoms with Crippen LogP contribution in [0, 0.1) is 6.92 Å². The topological polar surface area (TPSA) is 76.1 Å². The van der Waals surface area contributed by atoms with Crippen LogP contribution in [-0.4, -0.2) is 29.5 Å². The molecule has 0 saturated heterocycles. The lowest BCUT2D eigenvalue weighted by molar-refractivity contribution is -0.121. The van der Waals surface area contributed by atoms with Gasteiger partial charge in [0.15, 0.2) is 0 Å². The molecule has 1 aromatic carbocycles. The number of ether oxygens (including phenoxy) is 1. The van der Waals surface area contributed by atoms with Crippen molar-refractivity contribution in [1.29, 1.82) is 0 Å². The van der Waals surface area contributed by atoms with Crippen molar-refractivity contribution in [3.05, 3.63) is 41.9 Å². The Morgan fingerprint density at radius 3 is 2.61 bits per heavy atom. The highest BCUT2D eigenvalue weighted by Gasteiger charge is 2.03. The van der Waals surface area contributed by atoms with E-state index in [1.54, 1.807) is 7.05 Å². The van der Waals surface area contributed by atoms with E-state index in [9.17, 15) is 4.79 Å². The first-order valence-electron chi connectivity index (χ1n) is 7.65.